The van der Waals surface area contributed by atoms with Crippen molar-refractivity contribution < 1.29 is 14.4 Å². The molecular formula is C20H23N3O3S. The first-order valence-corrected chi connectivity index (χ1v) is 9.91. The lowest BCUT2D eigenvalue weighted by Crippen LogP contribution is -2.40. The third-order valence-corrected chi connectivity index (χ3v) is 5.67. The molecule has 1 aromatic heterocycles. The first-order chi connectivity index (χ1) is 13.0. The van der Waals surface area contributed by atoms with Crippen molar-refractivity contribution in [3.8, 4) is 0 Å². The third-order valence-electron chi connectivity index (χ3n) is 4.46. The van der Waals surface area contributed by atoms with Gasteiger partial charge in [-0.1, -0.05) is 36.8 Å². The maximum Gasteiger partial charge on any atom is 0.272 e. The number of carbonyl (C=O) groups excluding carboxylic acids is 3. The molecule has 1 aromatic carbocycles. The molecule has 27 heavy (non-hydrogen) atoms. The molecule has 1 aliphatic carbocycles. The Balaban J connectivity index is 1.83. The fraction of sp³-hybridized carbons (Fsp3) is 0.350. The van der Waals surface area contributed by atoms with Crippen molar-refractivity contribution in [3.05, 3.63) is 51.9 Å². The lowest BCUT2D eigenvalue weighted by molar-refractivity contribution is -0.119. The molecule has 6 nitrogen and oxygen atoms in total. The van der Waals surface area contributed by atoms with E-state index in [1.807, 2.05) is 30.3 Å². The van der Waals surface area contributed by atoms with Crippen LogP contribution in [0.25, 0.3) is 0 Å². The third kappa shape index (κ3) is 4.95. The van der Waals surface area contributed by atoms with E-state index in [9.17, 15) is 14.4 Å². The summed E-state index contributed by atoms with van der Waals surface area (Å²) >= 11 is 1.47. The molecule has 3 N–H and O–H groups in total. The quantitative estimate of drug-likeness (QED) is 0.558. The SMILES string of the molecule is CC(=O)NNC(=O)c1c(NC(=O)Cc2ccccc2)sc2c1CCCCC2. The van der Waals surface area contributed by atoms with Crippen LogP contribution in [0.1, 0.15) is 52.5 Å². The molecule has 2 aromatic rings. The summed E-state index contributed by atoms with van der Waals surface area (Å²) in [5.41, 5.74) is 7.15. The Morgan fingerprint density at radius 2 is 1.74 bits per heavy atom. The van der Waals surface area contributed by atoms with Crippen molar-refractivity contribution in [1.29, 1.82) is 0 Å². The van der Waals surface area contributed by atoms with Crippen molar-refractivity contribution >= 4 is 34.1 Å². The van der Waals surface area contributed by atoms with E-state index in [0.717, 1.165) is 48.1 Å². The number of hydrogen-bond acceptors (Lipinski definition) is 4. The van der Waals surface area contributed by atoms with Crippen LogP contribution >= 0.6 is 11.3 Å². The molecule has 0 saturated carbocycles. The van der Waals surface area contributed by atoms with Crippen LogP contribution in [0.15, 0.2) is 30.3 Å². The van der Waals surface area contributed by atoms with Gasteiger partial charge in [0.2, 0.25) is 11.8 Å². The van der Waals surface area contributed by atoms with Gasteiger partial charge in [-0.15, -0.1) is 11.3 Å². The molecule has 0 atom stereocenters. The minimum atomic E-state index is -0.389. The van der Waals surface area contributed by atoms with Gasteiger partial charge in [-0.2, -0.15) is 0 Å². The van der Waals surface area contributed by atoms with E-state index < -0.39 is 0 Å². The van der Waals surface area contributed by atoms with Gasteiger partial charge in [-0.25, -0.2) is 0 Å². The molecule has 0 bridgehead atoms. The van der Waals surface area contributed by atoms with Crippen LogP contribution in [-0.2, 0) is 28.9 Å². The summed E-state index contributed by atoms with van der Waals surface area (Å²) < 4.78 is 0. The van der Waals surface area contributed by atoms with E-state index in [2.05, 4.69) is 16.2 Å². The summed E-state index contributed by atoms with van der Waals surface area (Å²) in [5.74, 6) is -0.898. The summed E-state index contributed by atoms with van der Waals surface area (Å²) in [5, 5.41) is 3.47. The Labute approximate surface area is 162 Å². The Kier molecular flexibility index (Phi) is 6.24. The summed E-state index contributed by atoms with van der Waals surface area (Å²) in [7, 11) is 0. The number of benzene rings is 1. The zero-order valence-electron chi connectivity index (χ0n) is 15.3. The Morgan fingerprint density at radius 1 is 1.00 bits per heavy atom. The van der Waals surface area contributed by atoms with Gasteiger partial charge in [0, 0.05) is 11.8 Å². The fourth-order valence-corrected chi connectivity index (χ4v) is 4.53. The predicted molar refractivity (Wildman–Crippen MR) is 106 cm³/mol. The number of carbonyl (C=O) groups is 3. The molecule has 1 heterocycles. The van der Waals surface area contributed by atoms with Crippen molar-refractivity contribution in [1.82, 2.24) is 10.9 Å². The summed E-state index contributed by atoms with van der Waals surface area (Å²) in [6.45, 7) is 1.33. The zero-order chi connectivity index (χ0) is 19.2. The minimum absolute atomic E-state index is 0.161. The first-order valence-electron chi connectivity index (χ1n) is 9.10. The maximum atomic E-state index is 12.7. The Morgan fingerprint density at radius 3 is 2.48 bits per heavy atom. The largest absolute Gasteiger partial charge is 0.317 e. The smallest absolute Gasteiger partial charge is 0.272 e. The number of aryl methyl sites for hydroxylation is 1. The maximum absolute atomic E-state index is 12.7. The number of rotatable bonds is 4. The lowest BCUT2D eigenvalue weighted by Gasteiger charge is -2.10. The second-order valence-corrected chi connectivity index (χ2v) is 7.72. The van der Waals surface area contributed by atoms with Crippen LogP contribution in [0.2, 0.25) is 0 Å². The Hall–Kier alpha value is -2.67. The lowest BCUT2D eigenvalue weighted by atomic mass is 10.0. The van der Waals surface area contributed by atoms with Gasteiger partial charge in [-0.05, 0) is 36.8 Å². The van der Waals surface area contributed by atoms with Crippen LogP contribution in [0, 0.1) is 0 Å². The van der Waals surface area contributed by atoms with E-state index in [4.69, 9.17) is 0 Å². The Bertz CT molecular complexity index is 846. The standard InChI is InChI=1S/C20H23N3O3S/c1-13(24)22-23-19(26)18-15-10-6-3-7-11-16(15)27-20(18)21-17(25)12-14-8-4-2-5-9-14/h2,4-5,8-9H,3,6-7,10-12H2,1H3,(H,21,25)(H,22,24)(H,23,26). The van der Waals surface area contributed by atoms with Crippen molar-refractivity contribution in [2.24, 2.45) is 0 Å². The van der Waals surface area contributed by atoms with Gasteiger partial charge >= 0.3 is 0 Å². The highest BCUT2D eigenvalue weighted by Gasteiger charge is 2.25. The second-order valence-electron chi connectivity index (χ2n) is 6.61. The van der Waals surface area contributed by atoms with E-state index in [-0.39, 0.29) is 24.1 Å². The number of anilines is 1. The number of nitrogens with one attached hydrogen (secondary N) is 3. The highest BCUT2D eigenvalue weighted by Crippen LogP contribution is 2.37. The minimum Gasteiger partial charge on any atom is -0.317 e. The summed E-state index contributed by atoms with van der Waals surface area (Å²) in [4.78, 5) is 37.5. The number of amides is 3. The molecule has 3 rings (SSSR count). The zero-order valence-corrected chi connectivity index (χ0v) is 16.1. The van der Waals surface area contributed by atoms with E-state index in [1.54, 1.807) is 0 Å². The molecule has 0 aliphatic heterocycles. The molecule has 0 saturated heterocycles. The van der Waals surface area contributed by atoms with Crippen molar-refractivity contribution in [2.45, 2.75) is 45.4 Å². The molecule has 0 radical (unpaired) electrons. The van der Waals surface area contributed by atoms with Gasteiger partial charge in [0.25, 0.3) is 5.91 Å². The molecule has 1 aliphatic rings. The average Bonchev–Trinajstić information content (AvgIpc) is 2.81. The number of hydrogen-bond donors (Lipinski definition) is 3. The van der Waals surface area contributed by atoms with Crippen molar-refractivity contribution in [2.75, 3.05) is 5.32 Å². The molecular weight excluding hydrogens is 362 g/mol. The molecule has 0 spiro atoms. The molecule has 3 amide bonds. The summed E-state index contributed by atoms with van der Waals surface area (Å²) in [6, 6.07) is 9.48. The van der Waals surface area contributed by atoms with Crippen LogP contribution < -0.4 is 16.2 Å². The van der Waals surface area contributed by atoms with Crippen LogP contribution in [-0.4, -0.2) is 17.7 Å². The second kappa shape index (κ2) is 8.81. The first kappa shape index (κ1) is 19.1. The topological polar surface area (TPSA) is 87.3 Å². The highest BCUT2D eigenvalue weighted by atomic mass is 32.1. The van der Waals surface area contributed by atoms with Crippen LogP contribution in [0.3, 0.4) is 0 Å². The number of hydrazine groups is 1. The average molecular weight is 385 g/mol. The van der Waals surface area contributed by atoms with E-state index in [1.165, 1.54) is 18.3 Å². The number of fused-ring (bicyclic) bond motifs is 1. The summed E-state index contributed by atoms with van der Waals surface area (Å²) in [6.07, 6.45) is 5.19. The van der Waals surface area contributed by atoms with Gasteiger partial charge < -0.3 is 5.32 Å². The fourth-order valence-electron chi connectivity index (χ4n) is 3.23. The molecule has 0 unspecified atom stereocenters. The molecule has 0 fully saturated rings. The van der Waals surface area contributed by atoms with E-state index >= 15 is 0 Å². The normalized spacial score (nSPS) is 13.2. The highest BCUT2D eigenvalue weighted by molar-refractivity contribution is 7.17. The molecule has 7 heteroatoms. The van der Waals surface area contributed by atoms with Crippen molar-refractivity contribution in [3.63, 3.8) is 0 Å². The van der Waals surface area contributed by atoms with Gasteiger partial charge in [0.15, 0.2) is 0 Å². The van der Waals surface area contributed by atoms with Gasteiger partial charge in [0.1, 0.15) is 5.00 Å². The monoisotopic (exact) mass is 385 g/mol. The van der Waals surface area contributed by atoms with Crippen LogP contribution in [0.4, 0.5) is 5.00 Å². The van der Waals surface area contributed by atoms with Crippen LogP contribution in [0.5, 0.6) is 0 Å². The van der Waals surface area contributed by atoms with Gasteiger partial charge in [-0.3, -0.25) is 25.2 Å². The number of thiophene rings is 1. The predicted octanol–water partition coefficient (Wildman–Crippen LogP) is 2.98. The van der Waals surface area contributed by atoms with E-state index in [0.29, 0.717) is 10.6 Å². The van der Waals surface area contributed by atoms with Gasteiger partial charge in [0.05, 0.1) is 12.0 Å². The molecule has 142 valence electrons.